The van der Waals surface area contributed by atoms with E-state index in [0.29, 0.717) is 6.42 Å². The van der Waals surface area contributed by atoms with Crippen molar-refractivity contribution in [1.82, 2.24) is 0 Å². The van der Waals surface area contributed by atoms with Crippen molar-refractivity contribution in [2.45, 2.75) is 33.2 Å². The summed E-state index contributed by atoms with van der Waals surface area (Å²) in [6.45, 7) is 5.85. The molecule has 0 heterocycles. The summed E-state index contributed by atoms with van der Waals surface area (Å²) in [5.41, 5.74) is 9.59. The summed E-state index contributed by atoms with van der Waals surface area (Å²) in [6, 6.07) is -0.887. The van der Waals surface area contributed by atoms with E-state index in [1.807, 2.05) is 20.8 Å². The second-order valence-electron chi connectivity index (χ2n) is 4.35. The predicted octanol–water partition coefficient (Wildman–Crippen LogP) is 2.34. The first-order valence-corrected chi connectivity index (χ1v) is 6.41. The van der Waals surface area contributed by atoms with E-state index in [1.165, 1.54) is 0 Å². The molecule has 0 aromatic heterocycles. The molecule has 1 atom stereocenters. The first-order valence-electron chi connectivity index (χ1n) is 5.61. The molecule has 100 valence electrons. The molecule has 0 aliphatic heterocycles. The third kappa shape index (κ3) is 2.67. The Kier molecular flexibility index (Phi) is 4.76. The van der Waals surface area contributed by atoms with E-state index in [0.717, 1.165) is 32.5 Å². The van der Waals surface area contributed by atoms with Crippen molar-refractivity contribution in [1.29, 1.82) is 0 Å². The molecule has 0 spiro atoms. The molecule has 1 aromatic rings. The normalized spacial score (nSPS) is 12.3. The van der Waals surface area contributed by atoms with Gasteiger partial charge in [0.1, 0.15) is 11.8 Å². The molecule has 3 N–H and O–H groups in total. The maximum Gasteiger partial charge on any atom is 0.320 e. The van der Waals surface area contributed by atoms with E-state index in [9.17, 15) is 4.79 Å². The van der Waals surface area contributed by atoms with Gasteiger partial charge in [0, 0.05) is 0 Å². The van der Waals surface area contributed by atoms with Crippen molar-refractivity contribution in [2.75, 3.05) is 7.11 Å². The lowest BCUT2D eigenvalue weighted by Crippen LogP contribution is -2.32. The van der Waals surface area contributed by atoms with Gasteiger partial charge in [-0.2, -0.15) is 0 Å². The maximum absolute atomic E-state index is 10.9. The van der Waals surface area contributed by atoms with Crippen LogP contribution in [-0.2, 0) is 11.2 Å². The van der Waals surface area contributed by atoms with E-state index < -0.39 is 12.0 Å². The van der Waals surface area contributed by atoms with Crippen LogP contribution in [0.25, 0.3) is 0 Å². The van der Waals surface area contributed by atoms with Gasteiger partial charge >= 0.3 is 5.97 Å². The van der Waals surface area contributed by atoms with Crippen LogP contribution in [-0.4, -0.2) is 24.2 Å². The molecule has 1 unspecified atom stereocenters. The Morgan fingerprint density at radius 2 is 1.89 bits per heavy atom. The second kappa shape index (κ2) is 5.71. The van der Waals surface area contributed by atoms with Crippen LogP contribution in [0.4, 0.5) is 0 Å². The van der Waals surface area contributed by atoms with Crippen molar-refractivity contribution in [3.8, 4) is 5.75 Å². The fourth-order valence-electron chi connectivity index (χ4n) is 2.00. The molecule has 1 aromatic carbocycles. The van der Waals surface area contributed by atoms with Gasteiger partial charge in [-0.3, -0.25) is 4.79 Å². The number of hydrogen-bond acceptors (Lipinski definition) is 3. The van der Waals surface area contributed by atoms with E-state index in [1.54, 1.807) is 7.11 Å². The van der Waals surface area contributed by atoms with Gasteiger partial charge in [0.25, 0.3) is 0 Å². The Morgan fingerprint density at radius 3 is 2.33 bits per heavy atom. The molecule has 0 fully saturated rings. The second-order valence-corrected chi connectivity index (χ2v) is 5.14. The summed E-state index contributed by atoms with van der Waals surface area (Å²) in [5.74, 6) is -0.198. The van der Waals surface area contributed by atoms with Gasteiger partial charge in [0.05, 0.1) is 11.6 Å². The number of hydrogen-bond donors (Lipinski definition) is 2. The fourth-order valence-corrected chi connectivity index (χ4v) is 2.70. The molecule has 0 amide bonds. The van der Waals surface area contributed by atoms with Crippen molar-refractivity contribution in [3.63, 3.8) is 0 Å². The zero-order valence-corrected chi connectivity index (χ0v) is 12.6. The quantitative estimate of drug-likeness (QED) is 0.894. The summed E-state index contributed by atoms with van der Waals surface area (Å²) in [4.78, 5) is 10.9. The zero-order valence-electron chi connectivity index (χ0n) is 11.0. The van der Waals surface area contributed by atoms with Crippen LogP contribution < -0.4 is 10.5 Å². The van der Waals surface area contributed by atoms with Crippen LogP contribution in [0.2, 0.25) is 0 Å². The van der Waals surface area contributed by atoms with Crippen LogP contribution in [0.15, 0.2) is 4.47 Å². The van der Waals surface area contributed by atoms with Crippen molar-refractivity contribution in [2.24, 2.45) is 5.73 Å². The van der Waals surface area contributed by atoms with Gasteiger partial charge in [-0.15, -0.1) is 0 Å². The number of carboxylic acid groups (broad SMARTS) is 1. The molecule has 0 saturated heterocycles. The third-order valence-corrected chi connectivity index (χ3v) is 4.24. The topological polar surface area (TPSA) is 72.5 Å². The zero-order chi connectivity index (χ0) is 14.0. The van der Waals surface area contributed by atoms with Gasteiger partial charge in [-0.25, -0.2) is 0 Å². The highest BCUT2D eigenvalue weighted by Crippen LogP contribution is 2.37. The summed E-state index contributed by atoms with van der Waals surface area (Å²) < 4.78 is 6.21. The Balaban J connectivity index is 3.33. The predicted molar refractivity (Wildman–Crippen MR) is 74.2 cm³/mol. The molecule has 0 saturated carbocycles. The molecule has 1 rings (SSSR count). The van der Waals surface area contributed by atoms with Crippen LogP contribution in [0.3, 0.4) is 0 Å². The average Bonchev–Trinajstić information content (AvgIpc) is 2.32. The Morgan fingerprint density at radius 1 is 1.33 bits per heavy atom. The lowest BCUT2D eigenvalue weighted by atomic mass is 9.93. The number of rotatable bonds is 4. The Hall–Kier alpha value is -1.07. The number of carboxylic acids is 1. The van der Waals surface area contributed by atoms with Crippen LogP contribution >= 0.6 is 15.9 Å². The molecular weight excluding hydrogens is 298 g/mol. The minimum Gasteiger partial charge on any atom is -0.495 e. The molecule has 18 heavy (non-hydrogen) atoms. The molecule has 0 aliphatic carbocycles. The van der Waals surface area contributed by atoms with Gasteiger partial charge < -0.3 is 15.6 Å². The number of halogens is 1. The van der Waals surface area contributed by atoms with Gasteiger partial charge in [0.2, 0.25) is 0 Å². The summed E-state index contributed by atoms with van der Waals surface area (Å²) >= 11 is 3.49. The monoisotopic (exact) mass is 315 g/mol. The van der Waals surface area contributed by atoms with Crippen molar-refractivity contribution < 1.29 is 14.6 Å². The molecule has 4 nitrogen and oxygen atoms in total. The molecule has 0 bridgehead atoms. The lowest BCUT2D eigenvalue weighted by molar-refractivity contribution is -0.138. The largest absolute Gasteiger partial charge is 0.495 e. The van der Waals surface area contributed by atoms with Gasteiger partial charge in [0.15, 0.2) is 0 Å². The van der Waals surface area contributed by atoms with Crippen LogP contribution in [0.1, 0.15) is 22.3 Å². The summed E-state index contributed by atoms with van der Waals surface area (Å²) in [5, 5.41) is 8.90. The standard InChI is InChI=1S/C13H18BrNO3/c1-6-7(2)12(18-4)11(14)8(3)9(6)5-10(15)13(16)17/h10H,5,15H2,1-4H3,(H,16,17). The fraction of sp³-hybridized carbons (Fsp3) is 0.462. The average molecular weight is 316 g/mol. The van der Waals surface area contributed by atoms with E-state index >= 15 is 0 Å². The minimum absolute atomic E-state index is 0.316. The number of nitrogens with two attached hydrogens (primary N) is 1. The highest BCUT2D eigenvalue weighted by molar-refractivity contribution is 9.10. The minimum atomic E-state index is -0.988. The van der Waals surface area contributed by atoms with E-state index in [4.69, 9.17) is 15.6 Å². The molecule has 0 radical (unpaired) electrons. The Labute approximate surface area is 115 Å². The highest BCUT2D eigenvalue weighted by Gasteiger charge is 2.20. The van der Waals surface area contributed by atoms with E-state index in [-0.39, 0.29) is 0 Å². The van der Waals surface area contributed by atoms with Crippen LogP contribution in [0, 0.1) is 20.8 Å². The molecule has 5 heteroatoms. The number of methoxy groups -OCH3 is 1. The van der Waals surface area contributed by atoms with Crippen LogP contribution in [0.5, 0.6) is 5.75 Å². The number of carbonyl (C=O) groups is 1. The third-order valence-electron chi connectivity index (χ3n) is 3.28. The SMILES string of the molecule is COc1c(C)c(C)c(CC(N)C(=O)O)c(C)c1Br. The highest BCUT2D eigenvalue weighted by atomic mass is 79.9. The smallest absolute Gasteiger partial charge is 0.320 e. The van der Waals surface area contributed by atoms with E-state index in [2.05, 4.69) is 15.9 Å². The Bertz CT molecular complexity index is 457. The molecular formula is C13H18BrNO3. The lowest BCUT2D eigenvalue weighted by Gasteiger charge is -2.19. The maximum atomic E-state index is 10.9. The molecule has 0 aliphatic rings. The number of benzene rings is 1. The summed E-state index contributed by atoms with van der Waals surface area (Å²) in [6.07, 6.45) is 0.316. The number of ether oxygens (including phenoxy) is 1. The van der Waals surface area contributed by atoms with Gasteiger partial charge in [-0.1, -0.05) is 0 Å². The van der Waals surface area contributed by atoms with Crippen molar-refractivity contribution >= 4 is 21.9 Å². The van der Waals surface area contributed by atoms with Crippen molar-refractivity contribution in [3.05, 3.63) is 26.7 Å². The first-order chi connectivity index (χ1) is 8.31. The van der Waals surface area contributed by atoms with Gasteiger partial charge in [-0.05, 0) is 65.4 Å². The number of aliphatic carboxylic acids is 1. The summed E-state index contributed by atoms with van der Waals surface area (Å²) in [7, 11) is 1.62. The first kappa shape index (κ1) is 15.0.